The second kappa shape index (κ2) is 6.66. The Kier molecular flexibility index (Phi) is 4.65. The van der Waals surface area contributed by atoms with Crippen molar-refractivity contribution in [1.29, 1.82) is 0 Å². The van der Waals surface area contributed by atoms with Crippen LogP contribution in [0.5, 0.6) is 0 Å². The van der Waals surface area contributed by atoms with E-state index >= 15 is 0 Å². The minimum atomic E-state index is 0.197. The largest absolute Gasteiger partial charge is 0.304 e. The van der Waals surface area contributed by atoms with Gasteiger partial charge in [-0.15, -0.1) is 10.2 Å². The fourth-order valence-electron chi connectivity index (χ4n) is 4.24. The fraction of sp³-hybridized carbons (Fsp3) is 0.933. The van der Waals surface area contributed by atoms with Gasteiger partial charge in [0.25, 0.3) is 0 Å². The molecule has 20 heavy (non-hydrogen) atoms. The predicted molar refractivity (Wildman–Crippen MR) is 78.0 cm³/mol. The van der Waals surface area contributed by atoms with Gasteiger partial charge in [-0.25, -0.2) is 0 Å². The Labute approximate surface area is 121 Å². The van der Waals surface area contributed by atoms with Crippen molar-refractivity contribution in [1.82, 2.24) is 25.9 Å². The van der Waals surface area contributed by atoms with E-state index in [0.29, 0.717) is 6.04 Å². The van der Waals surface area contributed by atoms with Gasteiger partial charge in [0, 0.05) is 6.04 Å². The fourth-order valence-corrected chi connectivity index (χ4v) is 4.24. The first-order chi connectivity index (χ1) is 9.84. The Bertz CT molecular complexity index is 385. The Morgan fingerprint density at radius 3 is 2.55 bits per heavy atom. The van der Waals surface area contributed by atoms with Crippen molar-refractivity contribution in [3.63, 3.8) is 0 Å². The smallest absolute Gasteiger partial charge is 0.191 e. The number of hydrogen-bond acceptors (Lipinski definition) is 4. The number of aromatic nitrogens is 4. The highest BCUT2D eigenvalue weighted by Gasteiger charge is 2.33. The third kappa shape index (κ3) is 3.19. The third-order valence-corrected chi connectivity index (χ3v) is 5.29. The van der Waals surface area contributed by atoms with Gasteiger partial charge in [0.2, 0.25) is 0 Å². The van der Waals surface area contributed by atoms with Crippen LogP contribution in [-0.4, -0.2) is 26.7 Å². The van der Waals surface area contributed by atoms with Crippen LogP contribution < -0.4 is 5.32 Å². The van der Waals surface area contributed by atoms with Crippen molar-refractivity contribution in [2.75, 3.05) is 0 Å². The molecule has 3 unspecified atom stereocenters. The van der Waals surface area contributed by atoms with Crippen LogP contribution >= 0.6 is 0 Å². The van der Waals surface area contributed by atoms with Crippen molar-refractivity contribution in [2.24, 2.45) is 11.8 Å². The van der Waals surface area contributed by atoms with E-state index in [9.17, 15) is 0 Å². The highest BCUT2D eigenvalue weighted by molar-refractivity contribution is 4.93. The van der Waals surface area contributed by atoms with E-state index in [1.54, 1.807) is 0 Å². The molecule has 0 radical (unpaired) electrons. The molecule has 0 aliphatic heterocycles. The normalized spacial score (nSPS) is 30.2. The summed E-state index contributed by atoms with van der Waals surface area (Å²) in [6, 6.07) is 0.836. The zero-order valence-corrected chi connectivity index (χ0v) is 12.5. The molecule has 1 aromatic rings. The number of H-pyrrole nitrogens is 1. The summed E-state index contributed by atoms with van der Waals surface area (Å²) in [5, 5.41) is 18.2. The van der Waals surface area contributed by atoms with Crippen LogP contribution in [0.15, 0.2) is 0 Å². The molecule has 0 aromatic carbocycles. The molecule has 5 heteroatoms. The molecule has 0 amide bonds. The maximum absolute atomic E-state index is 4.11. The molecule has 2 fully saturated rings. The Balaban J connectivity index is 1.62. The quantitative estimate of drug-likeness (QED) is 0.888. The molecule has 5 nitrogen and oxygen atoms in total. The maximum atomic E-state index is 4.11. The van der Waals surface area contributed by atoms with Crippen LogP contribution in [0.25, 0.3) is 0 Å². The van der Waals surface area contributed by atoms with Gasteiger partial charge in [-0.2, -0.15) is 5.21 Å². The standard InChI is InChI=1S/C15H27N5/c1-11(15-17-19-20-18-15)16-14-10-6-5-9-13(14)12-7-3-2-4-8-12/h11-14,16H,2-10H2,1H3,(H,17,18,19,20). The molecule has 3 atom stereocenters. The summed E-state index contributed by atoms with van der Waals surface area (Å²) in [4.78, 5) is 0. The third-order valence-electron chi connectivity index (χ3n) is 5.29. The molecular weight excluding hydrogens is 250 g/mol. The van der Waals surface area contributed by atoms with Crippen LogP contribution in [0.1, 0.15) is 76.6 Å². The van der Waals surface area contributed by atoms with Gasteiger partial charge >= 0.3 is 0 Å². The Morgan fingerprint density at radius 1 is 1.05 bits per heavy atom. The summed E-state index contributed by atoms with van der Waals surface area (Å²) in [6.45, 7) is 2.15. The maximum Gasteiger partial charge on any atom is 0.191 e. The number of hydrogen-bond donors (Lipinski definition) is 2. The van der Waals surface area contributed by atoms with Crippen LogP contribution in [0.3, 0.4) is 0 Å². The van der Waals surface area contributed by atoms with Crippen LogP contribution in [0, 0.1) is 11.8 Å². The number of aromatic amines is 1. The molecule has 1 heterocycles. The zero-order valence-electron chi connectivity index (χ0n) is 12.5. The Hall–Kier alpha value is -0.970. The van der Waals surface area contributed by atoms with Crippen molar-refractivity contribution >= 4 is 0 Å². The molecule has 1 aromatic heterocycles. The lowest BCUT2D eigenvalue weighted by molar-refractivity contribution is 0.142. The number of rotatable bonds is 4. The van der Waals surface area contributed by atoms with Gasteiger partial charge < -0.3 is 5.32 Å². The molecule has 0 saturated heterocycles. The summed E-state index contributed by atoms with van der Waals surface area (Å²) in [5.74, 6) is 2.59. The first-order valence-electron chi connectivity index (χ1n) is 8.34. The lowest BCUT2D eigenvalue weighted by Gasteiger charge is -2.40. The number of nitrogens with zero attached hydrogens (tertiary/aromatic N) is 3. The van der Waals surface area contributed by atoms with Gasteiger partial charge in [0.05, 0.1) is 6.04 Å². The highest BCUT2D eigenvalue weighted by atomic mass is 15.5. The van der Waals surface area contributed by atoms with Gasteiger partial charge in [-0.3, -0.25) is 0 Å². The first kappa shape index (κ1) is 14.0. The summed E-state index contributed by atoms with van der Waals surface area (Å²) in [5.41, 5.74) is 0. The number of tetrazole rings is 1. The monoisotopic (exact) mass is 277 g/mol. The van der Waals surface area contributed by atoms with Gasteiger partial charge in [-0.1, -0.05) is 50.2 Å². The minimum absolute atomic E-state index is 0.197. The van der Waals surface area contributed by atoms with Crippen molar-refractivity contribution in [3.05, 3.63) is 5.82 Å². The SMILES string of the molecule is CC(NC1CCCCC1C1CCCCC1)c1nn[nH]n1. The van der Waals surface area contributed by atoms with Crippen molar-refractivity contribution < 1.29 is 0 Å². The molecule has 3 rings (SSSR count). The molecular formula is C15H27N5. The van der Waals surface area contributed by atoms with E-state index in [1.807, 2.05) is 0 Å². The molecule has 2 aliphatic rings. The Morgan fingerprint density at radius 2 is 1.80 bits per heavy atom. The van der Waals surface area contributed by atoms with E-state index in [0.717, 1.165) is 17.7 Å². The zero-order chi connectivity index (χ0) is 13.8. The number of nitrogens with one attached hydrogen (secondary N) is 2. The molecule has 112 valence electrons. The summed E-state index contributed by atoms with van der Waals surface area (Å²) in [6.07, 6.45) is 12.7. The second-order valence-electron chi connectivity index (χ2n) is 6.61. The van der Waals surface area contributed by atoms with E-state index in [4.69, 9.17) is 0 Å². The summed E-state index contributed by atoms with van der Waals surface area (Å²) >= 11 is 0. The van der Waals surface area contributed by atoms with Crippen molar-refractivity contribution in [2.45, 2.75) is 76.8 Å². The molecule has 2 saturated carbocycles. The molecule has 2 N–H and O–H groups in total. The van der Waals surface area contributed by atoms with Gasteiger partial charge in [0.15, 0.2) is 5.82 Å². The second-order valence-corrected chi connectivity index (χ2v) is 6.61. The average molecular weight is 277 g/mol. The molecule has 0 bridgehead atoms. The van der Waals surface area contributed by atoms with E-state index in [2.05, 4.69) is 32.9 Å². The lowest BCUT2D eigenvalue weighted by Crippen LogP contribution is -2.43. The van der Waals surface area contributed by atoms with Crippen LogP contribution in [0.2, 0.25) is 0 Å². The van der Waals surface area contributed by atoms with Gasteiger partial charge in [0.1, 0.15) is 0 Å². The minimum Gasteiger partial charge on any atom is -0.304 e. The predicted octanol–water partition coefficient (Wildman–Crippen LogP) is 2.99. The highest BCUT2D eigenvalue weighted by Crippen LogP contribution is 2.38. The average Bonchev–Trinajstić information content (AvgIpc) is 3.03. The molecule has 2 aliphatic carbocycles. The van der Waals surface area contributed by atoms with Crippen molar-refractivity contribution in [3.8, 4) is 0 Å². The van der Waals surface area contributed by atoms with E-state index in [-0.39, 0.29) is 6.04 Å². The van der Waals surface area contributed by atoms with E-state index in [1.165, 1.54) is 57.8 Å². The van der Waals surface area contributed by atoms with Crippen LogP contribution in [-0.2, 0) is 0 Å². The molecule has 0 spiro atoms. The summed E-state index contributed by atoms with van der Waals surface area (Å²) < 4.78 is 0. The summed E-state index contributed by atoms with van der Waals surface area (Å²) in [7, 11) is 0. The first-order valence-corrected chi connectivity index (χ1v) is 8.34. The van der Waals surface area contributed by atoms with Gasteiger partial charge in [-0.05, 0) is 31.6 Å². The van der Waals surface area contributed by atoms with Crippen LogP contribution in [0.4, 0.5) is 0 Å². The topological polar surface area (TPSA) is 66.5 Å². The lowest BCUT2D eigenvalue weighted by atomic mass is 9.71. The van der Waals surface area contributed by atoms with E-state index < -0.39 is 0 Å².